The Morgan fingerprint density at radius 3 is 2.38 bits per heavy atom. The number of aliphatic hydroxyl groups is 2. The van der Waals surface area contributed by atoms with Gasteiger partial charge in [0, 0.05) is 6.42 Å². The van der Waals surface area contributed by atoms with Crippen LogP contribution in [0.2, 0.25) is 0 Å². The second kappa shape index (κ2) is 7.07. The fourth-order valence-corrected chi connectivity index (χ4v) is 3.22. The van der Waals surface area contributed by atoms with Crippen molar-refractivity contribution < 1.29 is 19.7 Å². The summed E-state index contributed by atoms with van der Waals surface area (Å²) < 4.78 is 5.26. The summed E-state index contributed by atoms with van der Waals surface area (Å²) in [6, 6.07) is 0. The van der Waals surface area contributed by atoms with Crippen molar-refractivity contribution in [2.75, 3.05) is 13.2 Å². The molecule has 2 unspecified atom stereocenters. The highest BCUT2D eigenvalue weighted by atomic mass is 16.5. The highest BCUT2D eigenvalue weighted by molar-refractivity contribution is 5.69. The molecule has 5 heteroatoms. The Morgan fingerprint density at radius 2 is 1.81 bits per heavy atom. The molecule has 2 atom stereocenters. The van der Waals surface area contributed by atoms with Crippen molar-refractivity contribution in [2.24, 2.45) is 11.1 Å². The van der Waals surface area contributed by atoms with Crippen LogP contribution in [0.15, 0.2) is 0 Å². The number of carbonyl (C=O) groups excluding carboxylic acids is 1. The Balaban J connectivity index is 2.56. The Kier molecular flexibility index (Phi) is 6.20. The fourth-order valence-electron chi connectivity index (χ4n) is 3.22. The maximum Gasteiger partial charge on any atom is 0.305 e. The first-order valence-electron chi connectivity index (χ1n) is 7.97. The quantitative estimate of drug-likeness (QED) is 0.492. The van der Waals surface area contributed by atoms with Crippen LogP contribution in [0.3, 0.4) is 0 Å². The van der Waals surface area contributed by atoms with Gasteiger partial charge < -0.3 is 20.7 Å². The van der Waals surface area contributed by atoms with E-state index in [1.165, 1.54) is 0 Å². The van der Waals surface area contributed by atoms with Crippen LogP contribution in [0, 0.1) is 5.41 Å². The largest absolute Gasteiger partial charge is 0.462 e. The Bertz CT molecular complexity index is 336. The van der Waals surface area contributed by atoms with E-state index in [2.05, 4.69) is 0 Å². The van der Waals surface area contributed by atoms with E-state index in [1.54, 1.807) is 6.92 Å². The van der Waals surface area contributed by atoms with Crippen molar-refractivity contribution in [1.82, 2.24) is 0 Å². The number of unbranched alkanes of at least 4 members (excludes halogenated alkanes) is 2. The third-order valence-corrected chi connectivity index (χ3v) is 5.00. The van der Waals surface area contributed by atoms with E-state index in [4.69, 9.17) is 10.5 Å². The summed E-state index contributed by atoms with van der Waals surface area (Å²) in [5.74, 6) is -0.322. The van der Waals surface area contributed by atoms with E-state index in [0.717, 1.165) is 32.1 Å². The van der Waals surface area contributed by atoms with Gasteiger partial charge in [0.25, 0.3) is 0 Å². The van der Waals surface area contributed by atoms with Crippen molar-refractivity contribution in [3.8, 4) is 0 Å². The number of esters is 1. The summed E-state index contributed by atoms with van der Waals surface area (Å²) in [4.78, 5) is 11.8. The van der Waals surface area contributed by atoms with Crippen LogP contribution in [-0.2, 0) is 9.53 Å². The average molecular weight is 301 g/mol. The lowest BCUT2D eigenvalue weighted by atomic mass is 9.59. The van der Waals surface area contributed by atoms with Gasteiger partial charge in [-0.3, -0.25) is 4.79 Å². The van der Waals surface area contributed by atoms with Crippen LogP contribution in [0.25, 0.3) is 0 Å². The molecule has 0 saturated heterocycles. The molecule has 0 aliphatic heterocycles. The summed E-state index contributed by atoms with van der Waals surface area (Å²) in [6.45, 7) is 5.93. The number of hydrogen-bond acceptors (Lipinski definition) is 5. The molecule has 0 heterocycles. The molecule has 4 N–H and O–H groups in total. The minimum absolute atomic E-state index is 0.150. The number of ether oxygens (including phenoxy) is 1. The Labute approximate surface area is 127 Å². The zero-order valence-electron chi connectivity index (χ0n) is 13.7. The van der Waals surface area contributed by atoms with Gasteiger partial charge in [-0.2, -0.15) is 0 Å². The number of nitrogens with two attached hydrogens (primary N) is 1. The minimum atomic E-state index is -1.41. The first-order valence-corrected chi connectivity index (χ1v) is 7.97. The van der Waals surface area contributed by atoms with Crippen molar-refractivity contribution in [1.29, 1.82) is 0 Å². The van der Waals surface area contributed by atoms with Crippen LogP contribution < -0.4 is 5.73 Å². The molecule has 0 spiro atoms. The van der Waals surface area contributed by atoms with Gasteiger partial charge in [-0.15, -0.1) is 0 Å². The molecule has 1 aliphatic carbocycles. The molecule has 1 saturated carbocycles. The maximum atomic E-state index is 11.8. The van der Waals surface area contributed by atoms with Gasteiger partial charge in [0.1, 0.15) is 12.2 Å². The predicted molar refractivity (Wildman–Crippen MR) is 81.7 cm³/mol. The molecular formula is C16H31NO4. The Hall–Kier alpha value is -0.650. The molecule has 0 amide bonds. The molecule has 0 aromatic carbocycles. The molecule has 1 fully saturated rings. The van der Waals surface area contributed by atoms with E-state index in [9.17, 15) is 15.0 Å². The molecule has 0 radical (unpaired) electrons. The molecule has 124 valence electrons. The van der Waals surface area contributed by atoms with Gasteiger partial charge >= 0.3 is 5.97 Å². The standard InChI is InChI=1S/C16H31NO4/c1-14(2)9-7-10-15(3,19)16(14,20)12-21-13(18)8-5-4-6-11-17/h19-20H,4-12,17H2,1-3H3. The zero-order valence-corrected chi connectivity index (χ0v) is 13.7. The van der Waals surface area contributed by atoms with Gasteiger partial charge in [-0.1, -0.05) is 20.3 Å². The topological polar surface area (TPSA) is 92.8 Å². The highest BCUT2D eigenvalue weighted by Gasteiger charge is 2.58. The van der Waals surface area contributed by atoms with E-state index in [1.807, 2.05) is 13.8 Å². The van der Waals surface area contributed by atoms with Crippen LogP contribution in [0.5, 0.6) is 0 Å². The average Bonchev–Trinajstić information content (AvgIpc) is 2.38. The van der Waals surface area contributed by atoms with Gasteiger partial charge in [0.15, 0.2) is 0 Å². The second-order valence-corrected chi connectivity index (χ2v) is 7.13. The molecule has 1 aliphatic rings. The number of carbonyl (C=O) groups is 1. The molecule has 0 bridgehead atoms. The normalized spacial score (nSPS) is 31.9. The Morgan fingerprint density at radius 1 is 1.14 bits per heavy atom. The van der Waals surface area contributed by atoms with Gasteiger partial charge in [-0.05, 0) is 51.0 Å². The van der Waals surface area contributed by atoms with Crippen molar-refractivity contribution in [3.05, 3.63) is 0 Å². The zero-order chi connectivity index (χ0) is 16.1. The SMILES string of the molecule is CC1(C)CCCC(C)(O)C1(O)COC(=O)CCCCCN. The third-order valence-electron chi connectivity index (χ3n) is 5.00. The number of rotatable bonds is 7. The van der Waals surface area contributed by atoms with Crippen molar-refractivity contribution in [3.63, 3.8) is 0 Å². The van der Waals surface area contributed by atoms with Crippen LogP contribution in [0.4, 0.5) is 0 Å². The first-order chi connectivity index (χ1) is 9.66. The van der Waals surface area contributed by atoms with Crippen molar-refractivity contribution >= 4 is 5.97 Å². The van der Waals surface area contributed by atoms with Gasteiger partial charge in [-0.25, -0.2) is 0 Å². The lowest BCUT2D eigenvalue weighted by molar-refractivity contribution is -0.244. The lowest BCUT2D eigenvalue weighted by Gasteiger charge is -2.54. The maximum absolute atomic E-state index is 11.8. The predicted octanol–water partition coefficient (Wildman–Crippen LogP) is 1.74. The number of hydrogen-bond donors (Lipinski definition) is 3. The lowest BCUT2D eigenvalue weighted by Crippen LogP contribution is -2.66. The van der Waals surface area contributed by atoms with E-state index < -0.39 is 16.6 Å². The summed E-state index contributed by atoms with van der Waals surface area (Å²) in [7, 11) is 0. The fraction of sp³-hybridized carbons (Fsp3) is 0.938. The molecule has 1 rings (SSSR count). The van der Waals surface area contributed by atoms with E-state index >= 15 is 0 Å². The van der Waals surface area contributed by atoms with E-state index in [-0.39, 0.29) is 12.6 Å². The van der Waals surface area contributed by atoms with Gasteiger partial charge in [0.05, 0.1) is 5.60 Å². The van der Waals surface area contributed by atoms with E-state index in [0.29, 0.717) is 19.4 Å². The minimum Gasteiger partial charge on any atom is -0.462 e. The van der Waals surface area contributed by atoms with Crippen LogP contribution in [-0.4, -0.2) is 40.5 Å². The molecule has 21 heavy (non-hydrogen) atoms. The second-order valence-electron chi connectivity index (χ2n) is 7.13. The summed E-state index contributed by atoms with van der Waals surface area (Å²) in [6.07, 6.45) is 5.05. The van der Waals surface area contributed by atoms with Crippen LogP contribution >= 0.6 is 0 Å². The van der Waals surface area contributed by atoms with Gasteiger partial charge in [0.2, 0.25) is 0 Å². The smallest absolute Gasteiger partial charge is 0.305 e. The summed E-state index contributed by atoms with van der Waals surface area (Å²) in [5.41, 5.74) is 2.26. The highest BCUT2D eigenvalue weighted by Crippen LogP contribution is 2.49. The van der Waals surface area contributed by atoms with Crippen molar-refractivity contribution in [2.45, 2.75) is 76.9 Å². The summed E-state index contributed by atoms with van der Waals surface area (Å²) >= 11 is 0. The molecular weight excluding hydrogens is 270 g/mol. The monoisotopic (exact) mass is 301 g/mol. The molecule has 0 aromatic heterocycles. The first kappa shape index (κ1) is 18.4. The molecule has 0 aromatic rings. The van der Waals surface area contributed by atoms with Crippen LogP contribution in [0.1, 0.15) is 65.7 Å². The third kappa shape index (κ3) is 4.18. The summed E-state index contributed by atoms with van der Waals surface area (Å²) in [5, 5.41) is 21.5. The molecule has 5 nitrogen and oxygen atoms in total.